The average molecular weight is 293 g/mol. The minimum Gasteiger partial charge on any atom is -0.298 e. The largest absolute Gasteiger partial charge is 0.416 e. The Hall–Kier alpha value is -2.68. The lowest BCUT2D eigenvalue weighted by atomic mass is 9.96. The highest BCUT2D eigenvalue weighted by Gasteiger charge is 2.31. The molecule has 0 amide bonds. The van der Waals surface area contributed by atoms with Gasteiger partial charge in [0.2, 0.25) is 0 Å². The Balaban J connectivity index is 2.62. The Bertz CT molecular complexity index is 744. The first-order chi connectivity index (χ1) is 9.85. The quantitative estimate of drug-likeness (QED) is 0.615. The van der Waals surface area contributed by atoms with Crippen molar-refractivity contribution >= 4 is 6.29 Å². The van der Waals surface area contributed by atoms with E-state index in [1.54, 1.807) is 6.07 Å². The number of rotatable bonds is 2. The highest BCUT2D eigenvalue weighted by Crippen LogP contribution is 2.33. The number of hydrogen-bond donors (Lipinski definition) is 0. The van der Waals surface area contributed by atoms with Crippen LogP contribution in [-0.4, -0.2) is 6.29 Å². The van der Waals surface area contributed by atoms with E-state index in [1.165, 1.54) is 6.07 Å². The standard InChI is InChI=1S/C15H7F4NO/c16-13-4-9(7-20)3-10(6-13)14-2-1-12(15(17,18)19)5-11(14)8-21/h1-6,8H. The van der Waals surface area contributed by atoms with Crippen LogP contribution in [0.1, 0.15) is 21.5 Å². The number of halogens is 4. The Labute approximate surface area is 117 Å². The molecule has 0 aromatic heterocycles. The van der Waals surface area contributed by atoms with Gasteiger partial charge in [0, 0.05) is 5.56 Å². The molecule has 0 aliphatic rings. The smallest absolute Gasteiger partial charge is 0.298 e. The van der Waals surface area contributed by atoms with Gasteiger partial charge in [-0.15, -0.1) is 0 Å². The van der Waals surface area contributed by atoms with E-state index in [4.69, 9.17) is 5.26 Å². The molecule has 2 aromatic rings. The van der Waals surface area contributed by atoms with E-state index in [0.717, 1.165) is 24.3 Å². The summed E-state index contributed by atoms with van der Waals surface area (Å²) in [7, 11) is 0. The van der Waals surface area contributed by atoms with Gasteiger partial charge in [0.25, 0.3) is 0 Å². The van der Waals surface area contributed by atoms with Crippen molar-refractivity contribution in [2.75, 3.05) is 0 Å². The van der Waals surface area contributed by atoms with Crippen LogP contribution < -0.4 is 0 Å². The maximum absolute atomic E-state index is 13.4. The summed E-state index contributed by atoms with van der Waals surface area (Å²) in [6.45, 7) is 0. The monoisotopic (exact) mass is 293 g/mol. The molecule has 0 heterocycles. The highest BCUT2D eigenvalue weighted by molar-refractivity contribution is 5.88. The van der Waals surface area contributed by atoms with Crippen LogP contribution in [0.3, 0.4) is 0 Å². The molecule has 2 nitrogen and oxygen atoms in total. The number of alkyl halides is 3. The van der Waals surface area contributed by atoms with Crippen molar-refractivity contribution in [2.45, 2.75) is 6.18 Å². The van der Waals surface area contributed by atoms with Crippen molar-refractivity contribution in [2.24, 2.45) is 0 Å². The van der Waals surface area contributed by atoms with E-state index >= 15 is 0 Å². The third-order valence-corrected chi connectivity index (χ3v) is 2.84. The molecule has 0 atom stereocenters. The number of nitriles is 1. The van der Waals surface area contributed by atoms with Gasteiger partial charge in [-0.3, -0.25) is 4.79 Å². The maximum Gasteiger partial charge on any atom is 0.416 e. The van der Waals surface area contributed by atoms with E-state index in [-0.39, 0.29) is 28.5 Å². The normalized spacial score (nSPS) is 11.0. The second-order valence-corrected chi connectivity index (χ2v) is 4.26. The topological polar surface area (TPSA) is 40.9 Å². The molecule has 0 saturated carbocycles. The average Bonchev–Trinajstić information content (AvgIpc) is 2.44. The van der Waals surface area contributed by atoms with E-state index < -0.39 is 17.6 Å². The van der Waals surface area contributed by atoms with Crippen LogP contribution in [0.25, 0.3) is 11.1 Å². The van der Waals surface area contributed by atoms with Gasteiger partial charge in [-0.1, -0.05) is 6.07 Å². The molecule has 106 valence electrons. The summed E-state index contributed by atoms with van der Waals surface area (Å²) < 4.78 is 51.2. The van der Waals surface area contributed by atoms with Crippen molar-refractivity contribution in [3.8, 4) is 17.2 Å². The van der Waals surface area contributed by atoms with Gasteiger partial charge in [-0.25, -0.2) is 4.39 Å². The van der Waals surface area contributed by atoms with Gasteiger partial charge in [-0.2, -0.15) is 18.4 Å². The zero-order chi connectivity index (χ0) is 15.6. The zero-order valence-corrected chi connectivity index (χ0v) is 10.4. The summed E-state index contributed by atoms with van der Waals surface area (Å²) in [5.41, 5.74) is -0.873. The van der Waals surface area contributed by atoms with Gasteiger partial charge in [0.05, 0.1) is 17.2 Å². The Morgan fingerprint density at radius 3 is 2.38 bits per heavy atom. The number of nitrogens with zero attached hydrogens (tertiary/aromatic N) is 1. The van der Waals surface area contributed by atoms with Gasteiger partial charge in [0.1, 0.15) is 5.82 Å². The van der Waals surface area contributed by atoms with Gasteiger partial charge in [-0.05, 0) is 41.5 Å². The van der Waals surface area contributed by atoms with Crippen molar-refractivity contribution in [3.63, 3.8) is 0 Å². The van der Waals surface area contributed by atoms with Crippen LogP contribution in [0.2, 0.25) is 0 Å². The molecule has 6 heteroatoms. The summed E-state index contributed by atoms with van der Waals surface area (Å²) >= 11 is 0. The van der Waals surface area contributed by atoms with Crippen LogP contribution in [0, 0.1) is 17.1 Å². The van der Waals surface area contributed by atoms with Crippen LogP contribution in [-0.2, 0) is 6.18 Å². The molecule has 0 aliphatic heterocycles. The lowest BCUT2D eigenvalue weighted by molar-refractivity contribution is -0.137. The van der Waals surface area contributed by atoms with Crippen molar-refractivity contribution < 1.29 is 22.4 Å². The minimum atomic E-state index is -4.57. The first kappa shape index (κ1) is 14.7. The first-order valence-corrected chi connectivity index (χ1v) is 5.72. The lowest BCUT2D eigenvalue weighted by Crippen LogP contribution is -2.06. The van der Waals surface area contributed by atoms with Gasteiger partial charge >= 0.3 is 6.18 Å². The number of carbonyl (C=O) groups excluding carboxylic acids is 1. The fourth-order valence-corrected chi connectivity index (χ4v) is 1.91. The van der Waals surface area contributed by atoms with E-state index in [0.29, 0.717) is 6.07 Å². The highest BCUT2D eigenvalue weighted by atomic mass is 19.4. The number of aldehydes is 1. The Morgan fingerprint density at radius 2 is 1.81 bits per heavy atom. The molecule has 0 aliphatic carbocycles. The van der Waals surface area contributed by atoms with Crippen molar-refractivity contribution in [1.29, 1.82) is 5.26 Å². The number of hydrogen-bond acceptors (Lipinski definition) is 2. The molecular weight excluding hydrogens is 286 g/mol. The third kappa shape index (κ3) is 3.08. The summed E-state index contributed by atoms with van der Waals surface area (Å²) in [6.07, 6.45) is -4.31. The second kappa shape index (κ2) is 5.37. The minimum absolute atomic E-state index is 0.0155. The van der Waals surface area contributed by atoms with Gasteiger partial charge in [0.15, 0.2) is 6.29 Å². The van der Waals surface area contributed by atoms with Crippen molar-refractivity contribution in [3.05, 3.63) is 58.9 Å². The molecule has 0 radical (unpaired) electrons. The number of benzene rings is 2. The second-order valence-electron chi connectivity index (χ2n) is 4.26. The third-order valence-electron chi connectivity index (χ3n) is 2.84. The summed E-state index contributed by atoms with van der Waals surface area (Å²) in [4.78, 5) is 11.0. The molecule has 0 spiro atoms. The van der Waals surface area contributed by atoms with E-state index in [2.05, 4.69) is 0 Å². The maximum atomic E-state index is 13.4. The molecule has 0 bridgehead atoms. The summed E-state index contributed by atoms with van der Waals surface area (Å²) in [6, 6.07) is 7.68. The number of carbonyl (C=O) groups is 1. The molecule has 0 fully saturated rings. The van der Waals surface area contributed by atoms with Crippen LogP contribution in [0.4, 0.5) is 17.6 Å². The fourth-order valence-electron chi connectivity index (χ4n) is 1.91. The predicted octanol–water partition coefficient (Wildman–Crippen LogP) is 4.20. The Kier molecular flexibility index (Phi) is 3.76. The molecule has 0 N–H and O–H groups in total. The van der Waals surface area contributed by atoms with Crippen LogP contribution in [0.5, 0.6) is 0 Å². The summed E-state index contributed by atoms with van der Waals surface area (Å²) in [5.74, 6) is -0.708. The zero-order valence-electron chi connectivity index (χ0n) is 10.4. The Morgan fingerprint density at radius 1 is 1.10 bits per heavy atom. The molecule has 2 aromatic carbocycles. The predicted molar refractivity (Wildman–Crippen MR) is 66.9 cm³/mol. The molecule has 2 rings (SSSR count). The first-order valence-electron chi connectivity index (χ1n) is 5.72. The van der Waals surface area contributed by atoms with Crippen LogP contribution >= 0.6 is 0 Å². The summed E-state index contributed by atoms with van der Waals surface area (Å²) in [5, 5.41) is 8.78. The fraction of sp³-hybridized carbons (Fsp3) is 0.0667. The lowest BCUT2D eigenvalue weighted by Gasteiger charge is -2.11. The molecule has 0 saturated heterocycles. The van der Waals surface area contributed by atoms with Gasteiger partial charge < -0.3 is 0 Å². The molecular formula is C15H7F4NO. The molecule has 21 heavy (non-hydrogen) atoms. The van der Waals surface area contributed by atoms with E-state index in [1.807, 2.05) is 0 Å². The van der Waals surface area contributed by atoms with Crippen molar-refractivity contribution in [1.82, 2.24) is 0 Å². The van der Waals surface area contributed by atoms with E-state index in [9.17, 15) is 22.4 Å². The SMILES string of the molecule is N#Cc1cc(F)cc(-c2ccc(C(F)(F)F)cc2C=O)c1. The van der Waals surface area contributed by atoms with Crippen LogP contribution in [0.15, 0.2) is 36.4 Å². The molecule has 0 unspecified atom stereocenters.